The first-order chi connectivity index (χ1) is 13.1. The van der Waals surface area contributed by atoms with E-state index >= 15 is 0 Å². The van der Waals surface area contributed by atoms with Crippen molar-refractivity contribution < 1.29 is 13.6 Å². The number of aromatic nitrogens is 1. The van der Waals surface area contributed by atoms with E-state index in [1.165, 1.54) is 11.6 Å². The number of amides is 1. The molecule has 0 bridgehead atoms. The van der Waals surface area contributed by atoms with Gasteiger partial charge in [-0.1, -0.05) is 18.2 Å². The maximum absolute atomic E-state index is 13.3. The van der Waals surface area contributed by atoms with Crippen molar-refractivity contribution in [3.8, 4) is 0 Å². The Bertz CT molecular complexity index is 989. The topological polar surface area (TPSA) is 45.2 Å². The van der Waals surface area contributed by atoms with Crippen LogP contribution in [0.1, 0.15) is 22.3 Å². The van der Waals surface area contributed by atoms with Gasteiger partial charge in [-0.15, -0.1) is 0 Å². The predicted molar refractivity (Wildman–Crippen MR) is 100 cm³/mol. The minimum Gasteiger partial charge on any atom is -0.326 e. The molecule has 1 N–H and O–H groups in total. The minimum atomic E-state index is -1.06. The standard InChI is InChI=1S/C21H17F2N3O/c22-17-9-7-15(12-18(17)23)21(27)25-16-8-10-20(24-13-16)26-11-3-5-14-4-1-2-6-19(14)26/h1-2,4,6-10,12-13H,3,5,11H2,(H,25,27). The molecule has 0 atom stereocenters. The number of hydrogen-bond donors (Lipinski definition) is 1. The number of halogens is 2. The number of carbonyl (C=O) groups is 1. The van der Waals surface area contributed by atoms with Crippen molar-refractivity contribution in [1.82, 2.24) is 4.98 Å². The average molecular weight is 365 g/mol. The van der Waals surface area contributed by atoms with Crippen molar-refractivity contribution >= 4 is 23.1 Å². The van der Waals surface area contributed by atoms with Gasteiger partial charge in [-0.2, -0.15) is 0 Å². The van der Waals surface area contributed by atoms with Crippen molar-refractivity contribution in [2.45, 2.75) is 12.8 Å². The summed E-state index contributed by atoms with van der Waals surface area (Å²) in [6.07, 6.45) is 3.66. The van der Waals surface area contributed by atoms with Gasteiger partial charge in [0.05, 0.1) is 11.9 Å². The highest BCUT2D eigenvalue weighted by atomic mass is 19.2. The number of hydrogen-bond acceptors (Lipinski definition) is 3. The molecule has 3 aromatic rings. The second-order valence-electron chi connectivity index (χ2n) is 6.37. The van der Waals surface area contributed by atoms with E-state index in [1.807, 2.05) is 18.2 Å². The molecule has 4 rings (SSSR count). The largest absolute Gasteiger partial charge is 0.326 e. The molecule has 0 aliphatic carbocycles. The van der Waals surface area contributed by atoms with Crippen LogP contribution in [0.4, 0.5) is 26.0 Å². The van der Waals surface area contributed by atoms with Gasteiger partial charge in [-0.25, -0.2) is 13.8 Å². The van der Waals surface area contributed by atoms with Gasteiger partial charge in [0.1, 0.15) is 5.82 Å². The molecule has 136 valence electrons. The molecule has 6 heteroatoms. The van der Waals surface area contributed by atoms with Crippen molar-refractivity contribution in [3.05, 3.63) is 83.6 Å². The van der Waals surface area contributed by atoms with Gasteiger partial charge < -0.3 is 10.2 Å². The van der Waals surface area contributed by atoms with Crippen LogP contribution in [0.2, 0.25) is 0 Å². The number of anilines is 3. The van der Waals surface area contributed by atoms with Gasteiger partial charge in [-0.05, 0) is 54.8 Å². The quantitative estimate of drug-likeness (QED) is 0.732. The zero-order valence-electron chi connectivity index (χ0n) is 14.5. The summed E-state index contributed by atoms with van der Waals surface area (Å²) in [6.45, 7) is 0.880. The van der Waals surface area contributed by atoms with Gasteiger partial charge >= 0.3 is 0 Å². The van der Waals surface area contributed by atoms with Crippen LogP contribution < -0.4 is 10.2 Å². The first kappa shape index (κ1) is 17.1. The van der Waals surface area contributed by atoms with E-state index < -0.39 is 17.5 Å². The van der Waals surface area contributed by atoms with Crippen LogP contribution in [0.15, 0.2) is 60.8 Å². The molecule has 1 aliphatic heterocycles. The summed E-state index contributed by atoms with van der Waals surface area (Å²) < 4.78 is 26.3. The zero-order chi connectivity index (χ0) is 18.8. The zero-order valence-corrected chi connectivity index (χ0v) is 14.5. The van der Waals surface area contributed by atoms with Crippen LogP contribution in [-0.4, -0.2) is 17.4 Å². The molecule has 1 aliphatic rings. The third-order valence-corrected chi connectivity index (χ3v) is 4.57. The molecule has 0 saturated heterocycles. The molecule has 1 amide bonds. The van der Waals surface area contributed by atoms with Crippen LogP contribution in [0.5, 0.6) is 0 Å². The molecule has 0 saturated carbocycles. The minimum absolute atomic E-state index is 0.0444. The first-order valence-corrected chi connectivity index (χ1v) is 8.70. The van der Waals surface area contributed by atoms with E-state index in [0.29, 0.717) is 5.69 Å². The van der Waals surface area contributed by atoms with Crippen LogP contribution in [0.3, 0.4) is 0 Å². The molecule has 0 fully saturated rings. The van der Waals surface area contributed by atoms with Crippen LogP contribution in [0, 0.1) is 11.6 Å². The Morgan fingerprint density at radius 1 is 1.04 bits per heavy atom. The highest BCUT2D eigenvalue weighted by molar-refractivity contribution is 6.04. The number of nitrogens with one attached hydrogen (secondary N) is 1. The molecule has 2 heterocycles. The van der Waals surface area contributed by atoms with Gasteiger partial charge in [0, 0.05) is 17.8 Å². The van der Waals surface area contributed by atoms with E-state index in [1.54, 1.807) is 12.3 Å². The second-order valence-corrected chi connectivity index (χ2v) is 6.37. The van der Waals surface area contributed by atoms with Crippen molar-refractivity contribution in [2.24, 2.45) is 0 Å². The van der Waals surface area contributed by atoms with Crippen molar-refractivity contribution in [1.29, 1.82) is 0 Å². The van der Waals surface area contributed by atoms with Crippen molar-refractivity contribution in [2.75, 3.05) is 16.8 Å². The number of pyridine rings is 1. The number of para-hydroxylation sites is 1. The number of nitrogens with zero attached hydrogens (tertiary/aromatic N) is 2. The highest BCUT2D eigenvalue weighted by Crippen LogP contribution is 2.32. The molecular weight excluding hydrogens is 348 g/mol. The number of carbonyl (C=O) groups excluding carboxylic acids is 1. The van der Waals surface area contributed by atoms with Gasteiger partial charge in [-0.3, -0.25) is 4.79 Å². The fourth-order valence-corrected chi connectivity index (χ4v) is 3.23. The Labute approximate surface area is 155 Å². The number of fused-ring (bicyclic) bond motifs is 1. The molecule has 0 radical (unpaired) electrons. The highest BCUT2D eigenvalue weighted by Gasteiger charge is 2.18. The average Bonchev–Trinajstić information content (AvgIpc) is 2.70. The first-order valence-electron chi connectivity index (χ1n) is 8.70. The van der Waals surface area contributed by atoms with Crippen molar-refractivity contribution in [3.63, 3.8) is 0 Å². The summed E-state index contributed by atoms with van der Waals surface area (Å²) in [6, 6.07) is 14.9. The second kappa shape index (κ2) is 7.15. The third-order valence-electron chi connectivity index (χ3n) is 4.57. The molecule has 2 aromatic carbocycles. The number of aryl methyl sites for hydroxylation is 1. The Kier molecular flexibility index (Phi) is 4.54. The van der Waals surface area contributed by atoms with Gasteiger partial charge in [0.2, 0.25) is 0 Å². The van der Waals surface area contributed by atoms with E-state index in [0.717, 1.165) is 43.0 Å². The Morgan fingerprint density at radius 3 is 2.67 bits per heavy atom. The summed E-state index contributed by atoms with van der Waals surface area (Å²) in [7, 11) is 0. The number of rotatable bonds is 3. The van der Waals surface area contributed by atoms with E-state index in [4.69, 9.17) is 0 Å². The SMILES string of the molecule is O=C(Nc1ccc(N2CCCc3ccccc32)nc1)c1ccc(F)c(F)c1. The molecule has 4 nitrogen and oxygen atoms in total. The summed E-state index contributed by atoms with van der Waals surface area (Å²) in [5.74, 6) is -1.76. The summed E-state index contributed by atoms with van der Waals surface area (Å²) >= 11 is 0. The van der Waals surface area contributed by atoms with E-state index in [2.05, 4.69) is 27.3 Å². The summed E-state index contributed by atoms with van der Waals surface area (Å²) in [4.78, 5) is 18.8. The van der Waals surface area contributed by atoms with E-state index in [-0.39, 0.29) is 5.56 Å². The monoisotopic (exact) mass is 365 g/mol. The molecular formula is C21H17F2N3O. The predicted octanol–water partition coefficient (Wildman–Crippen LogP) is 4.70. The molecule has 27 heavy (non-hydrogen) atoms. The maximum atomic E-state index is 13.3. The van der Waals surface area contributed by atoms with E-state index in [9.17, 15) is 13.6 Å². The van der Waals surface area contributed by atoms with Gasteiger partial charge in [0.15, 0.2) is 11.6 Å². The smallest absolute Gasteiger partial charge is 0.255 e. The lowest BCUT2D eigenvalue weighted by atomic mass is 10.0. The summed E-state index contributed by atoms with van der Waals surface area (Å²) in [5, 5.41) is 2.65. The van der Waals surface area contributed by atoms with Crippen LogP contribution in [0.25, 0.3) is 0 Å². The molecule has 0 unspecified atom stereocenters. The normalized spacial score (nSPS) is 13.2. The lowest BCUT2D eigenvalue weighted by Crippen LogP contribution is -2.25. The Balaban J connectivity index is 1.51. The molecule has 1 aromatic heterocycles. The van der Waals surface area contributed by atoms with Crippen LogP contribution >= 0.6 is 0 Å². The lowest BCUT2D eigenvalue weighted by Gasteiger charge is -2.30. The third kappa shape index (κ3) is 3.51. The lowest BCUT2D eigenvalue weighted by molar-refractivity contribution is 0.102. The molecule has 0 spiro atoms. The number of benzene rings is 2. The fraction of sp³-hybridized carbons (Fsp3) is 0.143. The Hall–Kier alpha value is -3.28. The van der Waals surface area contributed by atoms with Gasteiger partial charge in [0.25, 0.3) is 5.91 Å². The fourth-order valence-electron chi connectivity index (χ4n) is 3.23. The Morgan fingerprint density at radius 2 is 1.89 bits per heavy atom. The maximum Gasteiger partial charge on any atom is 0.255 e. The summed E-state index contributed by atoms with van der Waals surface area (Å²) in [5.41, 5.74) is 2.97. The van der Waals surface area contributed by atoms with Crippen LogP contribution in [-0.2, 0) is 6.42 Å².